The van der Waals surface area contributed by atoms with Crippen LogP contribution in [0.4, 0.5) is 0 Å². The first-order chi connectivity index (χ1) is 14.7. The molecule has 1 rings (SSSR count). The number of nitrogens with zero attached hydrogens (tertiary/aromatic N) is 4. The van der Waals surface area contributed by atoms with E-state index in [0.717, 1.165) is 0 Å². The highest BCUT2D eigenvalue weighted by Gasteiger charge is 2.19. The maximum atomic E-state index is 11.8. The van der Waals surface area contributed by atoms with E-state index in [4.69, 9.17) is 14.2 Å². The van der Waals surface area contributed by atoms with Crippen molar-refractivity contribution in [2.75, 3.05) is 86.0 Å². The van der Waals surface area contributed by atoms with Crippen LogP contribution in [0.15, 0.2) is 0 Å². The van der Waals surface area contributed by atoms with E-state index in [1.54, 1.807) is 6.92 Å². The molecule has 0 aliphatic carbocycles. The number of esters is 3. The van der Waals surface area contributed by atoms with Crippen molar-refractivity contribution in [2.45, 2.75) is 26.9 Å². The normalized spacial score (nSPS) is 19.6. The summed E-state index contributed by atoms with van der Waals surface area (Å²) in [4.78, 5) is 42.5. The van der Waals surface area contributed by atoms with Gasteiger partial charge in [-0.25, -0.2) is 0 Å². The van der Waals surface area contributed by atoms with Crippen LogP contribution in [0.3, 0.4) is 0 Å². The van der Waals surface area contributed by atoms with Crippen molar-refractivity contribution < 1.29 is 33.7 Å². The molecule has 0 spiro atoms. The van der Waals surface area contributed by atoms with Crippen molar-refractivity contribution in [2.24, 2.45) is 0 Å². The average molecular weight is 447 g/mol. The summed E-state index contributed by atoms with van der Waals surface area (Å²) in [6.45, 7) is 10.4. The number of carbonyl (C=O) groups is 3. The second kappa shape index (κ2) is 15.1. The molecule has 0 aromatic rings. The van der Waals surface area contributed by atoms with Gasteiger partial charge in [0.05, 0.1) is 19.8 Å². The van der Waals surface area contributed by atoms with Crippen LogP contribution < -0.4 is 0 Å². The molecule has 31 heavy (non-hydrogen) atoms. The minimum absolute atomic E-state index is 0.150. The van der Waals surface area contributed by atoms with Gasteiger partial charge in [-0.15, -0.1) is 0 Å². The summed E-state index contributed by atoms with van der Waals surface area (Å²) in [6.07, 6.45) is -0.483. The lowest BCUT2D eigenvalue weighted by Crippen LogP contribution is -2.48. The molecule has 1 heterocycles. The summed E-state index contributed by atoms with van der Waals surface area (Å²) in [6, 6.07) is 0. The van der Waals surface area contributed by atoms with Crippen LogP contribution in [0.5, 0.6) is 0 Å². The van der Waals surface area contributed by atoms with Crippen LogP contribution in [0.1, 0.15) is 20.8 Å². The second-order valence-electron chi connectivity index (χ2n) is 7.77. The van der Waals surface area contributed by atoms with Crippen LogP contribution in [0, 0.1) is 0 Å². The van der Waals surface area contributed by atoms with Gasteiger partial charge in [-0.3, -0.25) is 34.0 Å². The maximum absolute atomic E-state index is 11.8. The molecule has 0 bridgehead atoms. The molecule has 1 N–H and O–H groups in total. The monoisotopic (exact) mass is 446 g/mol. The molecule has 0 amide bonds. The Bertz CT molecular complexity index is 562. The Kier molecular flexibility index (Phi) is 13.3. The number of aliphatic hydroxyl groups excluding tert-OH is 1. The van der Waals surface area contributed by atoms with Gasteiger partial charge in [-0.1, -0.05) is 0 Å². The lowest BCUT2D eigenvalue weighted by molar-refractivity contribution is -0.148. The van der Waals surface area contributed by atoms with Gasteiger partial charge in [0.2, 0.25) is 0 Å². The van der Waals surface area contributed by atoms with Gasteiger partial charge in [0.25, 0.3) is 0 Å². The highest BCUT2D eigenvalue weighted by Crippen LogP contribution is 2.03. The first-order valence-electron chi connectivity index (χ1n) is 10.6. The molecule has 0 saturated carbocycles. The smallest absolute Gasteiger partial charge is 0.319 e. The molecule has 1 aliphatic rings. The molecular weight excluding hydrogens is 408 g/mol. The fourth-order valence-electron chi connectivity index (χ4n) is 3.16. The van der Waals surface area contributed by atoms with E-state index in [-0.39, 0.29) is 37.9 Å². The topological polar surface area (TPSA) is 112 Å². The number of methoxy groups -OCH3 is 1. The summed E-state index contributed by atoms with van der Waals surface area (Å²) in [5.74, 6) is -1.02. The molecule has 1 fully saturated rings. The Morgan fingerprint density at radius 1 is 0.774 bits per heavy atom. The first-order valence-corrected chi connectivity index (χ1v) is 10.6. The van der Waals surface area contributed by atoms with Crippen molar-refractivity contribution in [3.8, 4) is 0 Å². The lowest BCUT2D eigenvalue weighted by Gasteiger charge is -2.33. The van der Waals surface area contributed by atoms with E-state index < -0.39 is 6.10 Å². The van der Waals surface area contributed by atoms with Crippen molar-refractivity contribution in [3.05, 3.63) is 0 Å². The Balaban J connectivity index is 2.90. The number of carbonyl (C=O) groups excluding carboxylic acids is 3. The fourth-order valence-corrected chi connectivity index (χ4v) is 3.16. The molecule has 11 heteroatoms. The third kappa shape index (κ3) is 13.3. The number of hydrogen-bond donors (Lipinski definition) is 1. The van der Waals surface area contributed by atoms with Crippen LogP contribution in [-0.2, 0) is 28.6 Å². The zero-order chi connectivity index (χ0) is 23.2. The first kappa shape index (κ1) is 27.2. The number of β-amino-alcohol motifs (C(OH)–C–C–N with tert-alkyl or cyclic N) is 1. The molecule has 1 aliphatic heterocycles. The van der Waals surface area contributed by atoms with Crippen LogP contribution in [0.2, 0.25) is 0 Å². The Hall–Kier alpha value is -1.79. The summed E-state index contributed by atoms with van der Waals surface area (Å²) in [5.41, 5.74) is 0. The average Bonchev–Trinajstić information content (AvgIpc) is 2.69. The van der Waals surface area contributed by atoms with Crippen molar-refractivity contribution in [1.29, 1.82) is 0 Å². The number of rotatable bonds is 8. The van der Waals surface area contributed by atoms with Crippen molar-refractivity contribution >= 4 is 17.9 Å². The van der Waals surface area contributed by atoms with Gasteiger partial charge in [0.15, 0.2) is 0 Å². The molecule has 1 saturated heterocycles. The molecular formula is C20H38N4O7. The Labute approximate surface area is 184 Å². The van der Waals surface area contributed by atoms with E-state index >= 15 is 0 Å². The van der Waals surface area contributed by atoms with E-state index in [2.05, 4.69) is 4.90 Å². The van der Waals surface area contributed by atoms with Gasteiger partial charge in [0, 0.05) is 72.8 Å². The van der Waals surface area contributed by atoms with Crippen LogP contribution in [-0.4, -0.2) is 135 Å². The lowest BCUT2D eigenvalue weighted by atomic mass is 10.3. The van der Waals surface area contributed by atoms with Crippen LogP contribution in [0.25, 0.3) is 0 Å². The quantitative estimate of drug-likeness (QED) is 0.358. The van der Waals surface area contributed by atoms with E-state index in [1.807, 2.05) is 14.7 Å². The molecule has 1 atom stereocenters. The minimum atomic E-state index is -0.483. The predicted octanol–water partition coefficient (Wildman–Crippen LogP) is -1.20. The standard InChI is InChI=1S/C20H38N4O7/c1-17(25)13-21-5-6-22(14-20(28)29-4)8-10-24(16-31-19(3)27)12-11-23(9-7-21)15-30-18(2)26/h17,25H,5-16H2,1-4H3. The molecule has 0 aromatic heterocycles. The summed E-state index contributed by atoms with van der Waals surface area (Å²) >= 11 is 0. The van der Waals surface area contributed by atoms with Gasteiger partial charge < -0.3 is 19.3 Å². The Morgan fingerprint density at radius 2 is 1.16 bits per heavy atom. The highest BCUT2D eigenvalue weighted by molar-refractivity contribution is 5.71. The fraction of sp³-hybridized carbons (Fsp3) is 0.850. The summed E-state index contributed by atoms with van der Waals surface area (Å²) < 4.78 is 15.2. The largest absolute Gasteiger partial charge is 0.468 e. The Morgan fingerprint density at radius 3 is 1.52 bits per heavy atom. The van der Waals surface area contributed by atoms with Gasteiger partial charge in [0.1, 0.15) is 13.5 Å². The van der Waals surface area contributed by atoms with Gasteiger partial charge in [-0.2, -0.15) is 0 Å². The van der Waals surface area contributed by atoms with Gasteiger partial charge >= 0.3 is 17.9 Å². The molecule has 1 unspecified atom stereocenters. The third-order valence-corrected chi connectivity index (χ3v) is 4.93. The maximum Gasteiger partial charge on any atom is 0.319 e. The minimum Gasteiger partial charge on any atom is -0.468 e. The van der Waals surface area contributed by atoms with Gasteiger partial charge in [-0.05, 0) is 6.92 Å². The molecule has 0 aromatic carbocycles. The number of aliphatic hydroxyl groups is 1. The predicted molar refractivity (Wildman–Crippen MR) is 113 cm³/mol. The highest BCUT2D eigenvalue weighted by atomic mass is 16.5. The SMILES string of the molecule is COC(=O)CN1CCN(COC(C)=O)CCN(COC(C)=O)CCN(CC(C)O)CC1. The van der Waals surface area contributed by atoms with E-state index in [9.17, 15) is 19.5 Å². The van der Waals surface area contributed by atoms with Crippen LogP contribution >= 0.6 is 0 Å². The molecule has 180 valence electrons. The molecule has 11 nitrogen and oxygen atoms in total. The number of hydrogen-bond acceptors (Lipinski definition) is 11. The zero-order valence-corrected chi connectivity index (χ0v) is 19.2. The zero-order valence-electron chi connectivity index (χ0n) is 19.2. The van der Waals surface area contributed by atoms with E-state index in [1.165, 1.54) is 21.0 Å². The second-order valence-corrected chi connectivity index (χ2v) is 7.77. The van der Waals surface area contributed by atoms with Crippen molar-refractivity contribution in [1.82, 2.24) is 19.6 Å². The van der Waals surface area contributed by atoms with E-state index in [0.29, 0.717) is 58.9 Å². The third-order valence-electron chi connectivity index (χ3n) is 4.93. The van der Waals surface area contributed by atoms with Crippen molar-refractivity contribution in [3.63, 3.8) is 0 Å². The molecule has 0 radical (unpaired) electrons. The summed E-state index contributed by atoms with van der Waals surface area (Å²) in [5, 5.41) is 9.86. The summed E-state index contributed by atoms with van der Waals surface area (Å²) in [7, 11) is 1.36. The number of ether oxygens (including phenoxy) is 3.